The van der Waals surface area contributed by atoms with E-state index in [9.17, 15) is 9.59 Å². The number of urea groups is 1. The van der Waals surface area contributed by atoms with Crippen LogP contribution in [0.4, 0.5) is 10.5 Å². The number of ether oxygens (including phenoxy) is 2. The van der Waals surface area contributed by atoms with Crippen molar-refractivity contribution < 1.29 is 19.1 Å². The Balaban J connectivity index is 1.66. The standard InChI is InChI=1S/C24H31N3O4/c1-4-31-21-11-9-20(10-12-21)25-24(29)26(15-16-30-3)17-23(28)27-14-13-19-7-5-6-8-22(19)18(27)2/h5-12,18H,4,13-17H2,1-3H3,(H,25,29). The van der Waals surface area contributed by atoms with E-state index in [1.165, 1.54) is 16.0 Å². The van der Waals surface area contributed by atoms with E-state index in [2.05, 4.69) is 17.4 Å². The number of rotatable bonds is 8. The first kappa shape index (κ1) is 22.6. The van der Waals surface area contributed by atoms with Gasteiger partial charge in [-0.15, -0.1) is 0 Å². The van der Waals surface area contributed by atoms with Crippen molar-refractivity contribution in [1.29, 1.82) is 0 Å². The van der Waals surface area contributed by atoms with Crippen molar-refractivity contribution in [2.75, 3.05) is 45.3 Å². The molecule has 0 bridgehead atoms. The lowest BCUT2D eigenvalue weighted by Crippen LogP contribution is -2.48. The van der Waals surface area contributed by atoms with Crippen LogP contribution in [0.3, 0.4) is 0 Å². The topological polar surface area (TPSA) is 71.1 Å². The maximum Gasteiger partial charge on any atom is 0.322 e. The summed E-state index contributed by atoms with van der Waals surface area (Å²) >= 11 is 0. The number of anilines is 1. The molecule has 0 aliphatic carbocycles. The molecular formula is C24H31N3O4. The van der Waals surface area contributed by atoms with Crippen LogP contribution < -0.4 is 10.1 Å². The second kappa shape index (κ2) is 10.8. The van der Waals surface area contributed by atoms with Crippen LogP contribution in [0.2, 0.25) is 0 Å². The van der Waals surface area contributed by atoms with Crippen LogP contribution in [0.1, 0.15) is 31.0 Å². The Labute approximate surface area is 183 Å². The summed E-state index contributed by atoms with van der Waals surface area (Å²) in [6.45, 7) is 5.86. The molecule has 1 unspecified atom stereocenters. The second-order valence-corrected chi connectivity index (χ2v) is 7.51. The molecule has 1 aliphatic heterocycles. The highest BCUT2D eigenvalue weighted by Crippen LogP contribution is 2.29. The Morgan fingerprint density at radius 2 is 1.90 bits per heavy atom. The monoisotopic (exact) mass is 425 g/mol. The Morgan fingerprint density at radius 1 is 1.16 bits per heavy atom. The van der Waals surface area contributed by atoms with E-state index in [1.54, 1.807) is 31.4 Å². The minimum atomic E-state index is -0.334. The molecule has 166 valence electrons. The number of fused-ring (bicyclic) bond motifs is 1. The van der Waals surface area contributed by atoms with Crippen molar-refractivity contribution in [3.8, 4) is 5.75 Å². The van der Waals surface area contributed by atoms with Gasteiger partial charge in [0.15, 0.2) is 0 Å². The first-order valence-electron chi connectivity index (χ1n) is 10.7. The van der Waals surface area contributed by atoms with Gasteiger partial charge in [0.2, 0.25) is 5.91 Å². The zero-order chi connectivity index (χ0) is 22.2. The van der Waals surface area contributed by atoms with Gasteiger partial charge in [-0.2, -0.15) is 0 Å². The number of carbonyl (C=O) groups excluding carboxylic acids is 2. The molecular weight excluding hydrogens is 394 g/mol. The van der Waals surface area contributed by atoms with Gasteiger partial charge in [-0.3, -0.25) is 4.79 Å². The predicted octanol–water partition coefficient (Wildman–Crippen LogP) is 3.71. The van der Waals surface area contributed by atoms with E-state index in [-0.39, 0.29) is 24.5 Å². The first-order valence-corrected chi connectivity index (χ1v) is 10.7. The van der Waals surface area contributed by atoms with Gasteiger partial charge in [-0.05, 0) is 55.7 Å². The highest BCUT2D eigenvalue weighted by molar-refractivity contribution is 5.92. The normalized spacial score (nSPS) is 15.2. The molecule has 3 amide bonds. The summed E-state index contributed by atoms with van der Waals surface area (Å²) in [7, 11) is 1.58. The Kier molecular flexibility index (Phi) is 7.89. The van der Waals surface area contributed by atoms with Crippen LogP contribution >= 0.6 is 0 Å². The lowest BCUT2D eigenvalue weighted by molar-refractivity contribution is -0.134. The third-order valence-corrected chi connectivity index (χ3v) is 5.51. The minimum Gasteiger partial charge on any atom is -0.494 e. The molecule has 0 spiro atoms. The summed E-state index contributed by atoms with van der Waals surface area (Å²) in [5.74, 6) is 0.672. The minimum absolute atomic E-state index is 0.00126. The molecule has 0 radical (unpaired) electrons. The van der Waals surface area contributed by atoms with Crippen molar-refractivity contribution in [2.24, 2.45) is 0 Å². The number of nitrogens with one attached hydrogen (secondary N) is 1. The van der Waals surface area contributed by atoms with Gasteiger partial charge in [-0.1, -0.05) is 24.3 Å². The fourth-order valence-corrected chi connectivity index (χ4v) is 3.82. The number of carbonyl (C=O) groups is 2. The van der Waals surface area contributed by atoms with Crippen LogP contribution in [0.25, 0.3) is 0 Å². The maximum atomic E-state index is 13.1. The maximum absolute atomic E-state index is 13.1. The number of amides is 3. The van der Waals surface area contributed by atoms with Crippen LogP contribution in [-0.2, 0) is 16.0 Å². The van der Waals surface area contributed by atoms with Crippen molar-refractivity contribution in [1.82, 2.24) is 9.80 Å². The van der Waals surface area contributed by atoms with Crippen LogP contribution in [0.15, 0.2) is 48.5 Å². The van der Waals surface area contributed by atoms with Crippen molar-refractivity contribution >= 4 is 17.6 Å². The number of hydrogen-bond acceptors (Lipinski definition) is 4. The summed E-state index contributed by atoms with van der Waals surface area (Å²) in [6.07, 6.45) is 0.822. The third kappa shape index (κ3) is 5.76. The second-order valence-electron chi connectivity index (χ2n) is 7.51. The SMILES string of the molecule is CCOc1ccc(NC(=O)N(CCOC)CC(=O)N2CCc3ccccc3C2C)cc1. The zero-order valence-electron chi connectivity index (χ0n) is 18.5. The van der Waals surface area contributed by atoms with Gasteiger partial charge in [0.05, 0.1) is 19.3 Å². The first-order chi connectivity index (χ1) is 15.0. The molecule has 1 N–H and O–H groups in total. The van der Waals surface area contributed by atoms with Crippen molar-refractivity contribution in [3.63, 3.8) is 0 Å². The third-order valence-electron chi connectivity index (χ3n) is 5.51. The van der Waals surface area contributed by atoms with Gasteiger partial charge < -0.3 is 24.6 Å². The fraction of sp³-hybridized carbons (Fsp3) is 0.417. The number of hydrogen-bond donors (Lipinski definition) is 1. The molecule has 1 aliphatic rings. The summed E-state index contributed by atoms with van der Waals surface area (Å²) in [4.78, 5) is 29.3. The lowest BCUT2D eigenvalue weighted by Gasteiger charge is -2.36. The van der Waals surface area contributed by atoms with E-state index in [0.717, 1.165) is 12.2 Å². The molecule has 3 rings (SSSR count). The van der Waals surface area contributed by atoms with Crippen molar-refractivity contribution in [3.05, 3.63) is 59.7 Å². The highest BCUT2D eigenvalue weighted by atomic mass is 16.5. The molecule has 0 aromatic heterocycles. The molecule has 0 fully saturated rings. The summed E-state index contributed by atoms with van der Waals surface area (Å²) in [6, 6.07) is 15.0. The van der Waals surface area contributed by atoms with E-state index < -0.39 is 0 Å². The molecule has 7 heteroatoms. The van der Waals surface area contributed by atoms with E-state index >= 15 is 0 Å². The Hall–Kier alpha value is -3.06. The Morgan fingerprint density at radius 3 is 2.61 bits per heavy atom. The van der Waals surface area contributed by atoms with E-state index in [4.69, 9.17) is 9.47 Å². The highest BCUT2D eigenvalue weighted by Gasteiger charge is 2.29. The quantitative estimate of drug-likeness (QED) is 0.700. The summed E-state index contributed by atoms with van der Waals surface area (Å²) in [5, 5.41) is 2.86. The van der Waals surface area contributed by atoms with E-state index in [0.29, 0.717) is 32.0 Å². The van der Waals surface area contributed by atoms with Crippen LogP contribution in [-0.4, -0.2) is 61.7 Å². The van der Waals surface area contributed by atoms with Crippen LogP contribution in [0.5, 0.6) is 5.75 Å². The molecule has 2 aromatic rings. The summed E-state index contributed by atoms with van der Waals surface area (Å²) < 4.78 is 10.6. The van der Waals surface area contributed by atoms with Gasteiger partial charge >= 0.3 is 6.03 Å². The molecule has 7 nitrogen and oxygen atoms in total. The predicted molar refractivity (Wildman–Crippen MR) is 120 cm³/mol. The summed E-state index contributed by atoms with van der Waals surface area (Å²) in [5.41, 5.74) is 3.09. The molecule has 1 heterocycles. The zero-order valence-corrected chi connectivity index (χ0v) is 18.5. The molecule has 0 saturated carbocycles. The fourth-order valence-electron chi connectivity index (χ4n) is 3.82. The van der Waals surface area contributed by atoms with Crippen molar-refractivity contribution in [2.45, 2.75) is 26.3 Å². The number of methoxy groups -OCH3 is 1. The number of benzene rings is 2. The largest absolute Gasteiger partial charge is 0.494 e. The molecule has 31 heavy (non-hydrogen) atoms. The van der Waals surface area contributed by atoms with Crippen LogP contribution in [0, 0.1) is 0 Å². The van der Waals surface area contributed by atoms with Gasteiger partial charge in [0.25, 0.3) is 0 Å². The smallest absolute Gasteiger partial charge is 0.322 e. The molecule has 2 aromatic carbocycles. The average Bonchev–Trinajstić information content (AvgIpc) is 2.78. The average molecular weight is 426 g/mol. The van der Waals surface area contributed by atoms with E-state index in [1.807, 2.05) is 30.9 Å². The number of nitrogens with zero attached hydrogens (tertiary/aromatic N) is 2. The van der Waals surface area contributed by atoms with Gasteiger partial charge in [0, 0.05) is 25.9 Å². The molecule has 1 atom stereocenters. The lowest BCUT2D eigenvalue weighted by atomic mass is 9.93. The molecule has 0 saturated heterocycles. The Bertz CT molecular complexity index is 885. The van der Waals surface area contributed by atoms with Gasteiger partial charge in [0.1, 0.15) is 12.3 Å². The van der Waals surface area contributed by atoms with Gasteiger partial charge in [-0.25, -0.2) is 4.79 Å².